The molecule has 0 aliphatic carbocycles. The van der Waals surface area contributed by atoms with Crippen LogP contribution in [-0.2, 0) is 6.42 Å². The molecule has 0 amide bonds. The van der Waals surface area contributed by atoms with Crippen molar-refractivity contribution >= 4 is 0 Å². The number of nitrogens with one attached hydrogen (secondary N) is 2. The molecule has 0 saturated carbocycles. The van der Waals surface area contributed by atoms with E-state index < -0.39 is 0 Å². The van der Waals surface area contributed by atoms with Gasteiger partial charge in [-0.05, 0) is 13.0 Å². The van der Waals surface area contributed by atoms with Crippen LogP contribution in [0.1, 0.15) is 26.2 Å². The molecular weight excluding hydrogens is 218 g/mol. The predicted molar refractivity (Wildman–Crippen MR) is 63.3 cm³/mol. The van der Waals surface area contributed by atoms with E-state index in [0.717, 1.165) is 19.4 Å². The molecule has 1 atom stereocenters. The second-order valence-corrected chi connectivity index (χ2v) is 3.82. The van der Waals surface area contributed by atoms with Crippen molar-refractivity contribution in [3.05, 3.63) is 18.3 Å². The maximum Gasteiger partial charge on any atom is 0.238 e. The van der Waals surface area contributed by atoms with Crippen LogP contribution in [0.3, 0.4) is 0 Å². The topological polar surface area (TPSA) is 79.6 Å². The number of rotatable bonds is 6. The lowest BCUT2D eigenvalue weighted by molar-refractivity contribution is 0.355. The van der Waals surface area contributed by atoms with Crippen LogP contribution < -0.4 is 5.32 Å². The van der Waals surface area contributed by atoms with E-state index in [1.54, 1.807) is 12.4 Å². The summed E-state index contributed by atoms with van der Waals surface area (Å²) in [5, 5.41) is 7.27. The molecule has 1 unspecified atom stereocenters. The normalized spacial score (nSPS) is 12.8. The Morgan fingerprint density at radius 3 is 3.00 bits per heavy atom. The first-order valence-corrected chi connectivity index (χ1v) is 5.89. The van der Waals surface area contributed by atoms with Crippen LogP contribution in [0.4, 0.5) is 0 Å². The average molecular weight is 235 g/mol. The molecule has 17 heavy (non-hydrogen) atoms. The smallest absolute Gasteiger partial charge is 0.238 e. The summed E-state index contributed by atoms with van der Waals surface area (Å²) in [5.74, 6) is 1.79. The Kier molecular flexibility index (Phi) is 3.87. The van der Waals surface area contributed by atoms with E-state index in [9.17, 15) is 0 Å². The summed E-state index contributed by atoms with van der Waals surface area (Å²) in [7, 11) is 0. The Hall–Kier alpha value is -1.69. The molecule has 0 spiro atoms. The van der Waals surface area contributed by atoms with Gasteiger partial charge in [0, 0.05) is 24.9 Å². The molecule has 2 aromatic rings. The Labute approximate surface area is 99.8 Å². The lowest BCUT2D eigenvalue weighted by atomic mass is 10.1. The number of H-pyrrole nitrogens is 1. The fourth-order valence-electron chi connectivity index (χ4n) is 1.68. The van der Waals surface area contributed by atoms with E-state index in [0.29, 0.717) is 23.6 Å². The summed E-state index contributed by atoms with van der Waals surface area (Å²) in [4.78, 5) is 11.3. The molecular formula is C11H17N5O. The molecule has 92 valence electrons. The van der Waals surface area contributed by atoms with Gasteiger partial charge in [-0.25, -0.2) is 4.98 Å². The summed E-state index contributed by atoms with van der Waals surface area (Å²) in [5.41, 5.74) is 0. The minimum absolute atomic E-state index is 0.380. The molecule has 0 radical (unpaired) electrons. The number of hydrogen-bond donors (Lipinski definition) is 2. The van der Waals surface area contributed by atoms with Crippen molar-refractivity contribution in [3.8, 4) is 11.6 Å². The van der Waals surface area contributed by atoms with Gasteiger partial charge < -0.3 is 14.8 Å². The minimum atomic E-state index is 0.380. The molecule has 0 saturated heterocycles. The lowest BCUT2D eigenvalue weighted by Crippen LogP contribution is -2.30. The predicted octanol–water partition coefficient (Wildman–Crippen LogP) is 1.39. The van der Waals surface area contributed by atoms with Gasteiger partial charge in [-0.2, -0.15) is 4.98 Å². The maximum absolute atomic E-state index is 5.21. The van der Waals surface area contributed by atoms with Gasteiger partial charge in [0.15, 0.2) is 5.82 Å². The van der Waals surface area contributed by atoms with Gasteiger partial charge >= 0.3 is 0 Å². The van der Waals surface area contributed by atoms with Crippen molar-refractivity contribution in [3.63, 3.8) is 0 Å². The number of aromatic nitrogens is 4. The second-order valence-electron chi connectivity index (χ2n) is 3.82. The highest BCUT2D eigenvalue weighted by Gasteiger charge is 2.14. The number of nitrogens with zero attached hydrogens (tertiary/aromatic N) is 3. The highest BCUT2D eigenvalue weighted by molar-refractivity contribution is 5.40. The largest absolute Gasteiger partial charge is 0.342 e. The standard InChI is InChI=1S/C11H17N5O/c1-3-8(12-4-2)7-9-15-11(16-17-9)10-13-5-6-14-10/h5-6,8,12H,3-4,7H2,1-2H3,(H,13,14). The number of aromatic amines is 1. The zero-order valence-corrected chi connectivity index (χ0v) is 10.1. The second kappa shape index (κ2) is 5.58. The van der Waals surface area contributed by atoms with Crippen molar-refractivity contribution in [2.24, 2.45) is 0 Å². The molecule has 0 fully saturated rings. The Bertz CT molecular complexity index is 436. The van der Waals surface area contributed by atoms with Crippen LogP contribution in [0.2, 0.25) is 0 Å². The summed E-state index contributed by atoms with van der Waals surface area (Å²) >= 11 is 0. The van der Waals surface area contributed by atoms with E-state index in [2.05, 4.69) is 39.3 Å². The van der Waals surface area contributed by atoms with E-state index in [1.807, 2.05) is 0 Å². The summed E-state index contributed by atoms with van der Waals surface area (Å²) in [6.45, 7) is 5.17. The minimum Gasteiger partial charge on any atom is -0.342 e. The lowest BCUT2D eigenvalue weighted by Gasteiger charge is -2.12. The Morgan fingerprint density at radius 1 is 1.47 bits per heavy atom. The van der Waals surface area contributed by atoms with Crippen molar-refractivity contribution in [1.29, 1.82) is 0 Å². The van der Waals surface area contributed by atoms with Crippen LogP contribution in [0.15, 0.2) is 16.9 Å². The van der Waals surface area contributed by atoms with Gasteiger partial charge in [0.2, 0.25) is 11.7 Å². The van der Waals surface area contributed by atoms with Crippen molar-refractivity contribution in [1.82, 2.24) is 25.4 Å². The number of likely N-dealkylation sites (N-methyl/N-ethyl adjacent to an activating group) is 1. The molecule has 2 aromatic heterocycles. The van der Waals surface area contributed by atoms with E-state index in [-0.39, 0.29) is 0 Å². The van der Waals surface area contributed by atoms with Gasteiger partial charge in [-0.15, -0.1) is 0 Å². The summed E-state index contributed by atoms with van der Waals surface area (Å²) < 4.78 is 5.21. The monoisotopic (exact) mass is 235 g/mol. The van der Waals surface area contributed by atoms with Crippen LogP contribution >= 0.6 is 0 Å². The van der Waals surface area contributed by atoms with Crippen LogP contribution in [0.5, 0.6) is 0 Å². The van der Waals surface area contributed by atoms with Crippen molar-refractivity contribution in [2.45, 2.75) is 32.7 Å². The first-order chi connectivity index (χ1) is 8.33. The summed E-state index contributed by atoms with van der Waals surface area (Å²) in [6, 6.07) is 0.380. The van der Waals surface area contributed by atoms with Crippen molar-refractivity contribution < 1.29 is 4.52 Å². The Balaban J connectivity index is 2.03. The molecule has 0 aromatic carbocycles. The molecule has 0 bridgehead atoms. The molecule has 2 rings (SSSR count). The zero-order chi connectivity index (χ0) is 12.1. The van der Waals surface area contributed by atoms with Gasteiger partial charge in [-0.3, -0.25) is 0 Å². The summed E-state index contributed by atoms with van der Waals surface area (Å²) in [6.07, 6.45) is 5.18. The van der Waals surface area contributed by atoms with E-state index in [1.165, 1.54) is 0 Å². The molecule has 0 aliphatic heterocycles. The third-order valence-electron chi connectivity index (χ3n) is 2.58. The number of imidazole rings is 1. The highest BCUT2D eigenvalue weighted by Crippen LogP contribution is 2.11. The van der Waals surface area contributed by atoms with Crippen LogP contribution in [-0.4, -0.2) is 32.7 Å². The van der Waals surface area contributed by atoms with E-state index >= 15 is 0 Å². The third kappa shape index (κ3) is 2.91. The van der Waals surface area contributed by atoms with Crippen LogP contribution in [0.25, 0.3) is 11.6 Å². The first kappa shape index (κ1) is 11.8. The molecule has 0 aliphatic rings. The highest BCUT2D eigenvalue weighted by atomic mass is 16.5. The van der Waals surface area contributed by atoms with E-state index in [4.69, 9.17) is 4.52 Å². The molecule has 6 heteroatoms. The van der Waals surface area contributed by atoms with Gasteiger partial charge in [0.05, 0.1) is 0 Å². The van der Waals surface area contributed by atoms with Crippen molar-refractivity contribution in [2.75, 3.05) is 6.54 Å². The Morgan fingerprint density at radius 2 is 2.35 bits per heavy atom. The molecule has 6 nitrogen and oxygen atoms in total. The maximum atomic E-state index is 5.21. The fourth-order valence-corrected chi connectivity index (χ4v) is 1.68. The average Bonchev–Trinajstić information content (AvgIpc) is 2.98. The SMILES string of the molecule is CCNC(CC)Cc1nc(-c2ncc[nH]2)no1. The zero-order valence-electron chi connectivity index (χ0n) is 10.1. The van der Waals surface area contributed by atoms with Gasteiger partial charge in [0.1, 0.15) is 0 Å². The van der Waals surface area contributed by atoms with Gasteiger partial charge in [-0.1, -0.05) is 19.0 Å². The fraction of sp³-hybridized carbons (Fsp3) is 0.545. The molecule has 2 heterocycles. The quantitative estimate of drug-likeness (QED) is 0.791. The number of hydrogen-bond acceptors (Lipinski definition) is 5. The van der Waals surface area contributed by atoms with Crippen LogP contribution in [0, 0.1) is 0 Å². The first-order valence-electron chi connectivity index (χ1n) is 5.89. The molecule has 2 N–H and O–H groups in total. The third-order valence-corrected chi connectivity index (χ3v) is 2.58. The van der Waals surface area contributed by atoms with Gasteiger partial charge in [0.25, 0.3) is 0 Å².